The number of benzene rings is 2. The predicted octanol–water partition coefficient (Wildman–Crippen LogP) is 3.55. The number of allylic oxidation sites excluding steroid dienone is 1. The maximum absolute atomic E-state index is 15.0. The number of nitrogens with zero attached hydrogens (tertiary/aromatic N) is 2. The van der Waals surface area contributed by atoms with E-state index in [1.807, 2.05) is 36.4 Å². The molecule has 2 saturated heterocycles. The van der Waals surface area contributed by atoms with Crippen LogP contribution in [-0.4, -0.2) is 83.3 Å². The van der Waals surface area contributed by atoms with Gasteiger partial charge in [-0.1, -0.05) is 70.0 Å². The van der Waals surface area contributed by atoms with Crippen molar-refractivity contribution in [3.8, 4) is 0 Å². The molecule has 46 heavy (non-hydrogen) atoms. The van der Waals surface area contributed by atoms with E-state index in [-0.39, 0.29) is 31.8 Å². The zero-order chi connectivity index (χ0) is 32.6. The molecule has 4 heterocycles. The molecule has 1 spiro atoms. The maximum Gasteiger partial charge on any atom is 0.313 e. The van der Waals surface area contributed by atoms with Crippen molar-refractivity contribution < 1.29 is 33.8 Å². The highest BCUT2D eigenvalue weighted by molar-refractivity contribution is 9.11. The van der Waals surface area contributed by atoms with Crippen LogP contribution in [0.15, 0.2) is 77.3 Å². The number of hydrogen-bond acceptors (Lipinski definition) is 7. The highest BCUT2D eigenvalue weighted by Gasteiger charge is 2.75. The summed E-state index contributed by atoms with van der Waals surface area (Å²) >= 11 is 9.75. The Kier molecular flexibility index (Phi) is 9.38. The van der Waals surface area contributed by atoms with Crippen molar-refractivity contribution in [2.24, 2.45) is 11.8 Å². The summed E-state index contributed by atoms with van der Waals surface area (Å²) in [5.74, 6) is -3.91. The summed E-state index contributed by atoms with van der Waals surface area (Å²) < 4.78 is 12.9. The third-order valence-corrected chi connectivity index (χ3v) is 10.0. The molecule has 242 valence electrons. The van der Waals surface area contributed by atoms with Crippen molar-refractivity contribution in [1.82, 2.24) is 10.2 Å². The van der Waals surface area contributed by atoms with Gasteiger partial charge in [0.25, 0.3) is 5.91 Å². The highest BCUT2D eigenvalue weighted by Crippen LogP contribution is 2.59. The van der Waals surface area contributed by atoms with Crippen LogP contribution >= 0.6 is 27.5 Å². The Bertz CT molecular complexity index is 1570. The second-order valence-corrected chi connectivity index (χ2v) is 13.4. The quantitative estimate of drug-likeness (QED) is 0.359. The second kappa shape index (κ2) is 13.3. The summed E-state index contributed by atoms with van der Waals surface area (Å²) in [7, 11) is 0. The molecule has 0 radical (unpaired) electrons. The fraction of sp³-hybridized carbons (Fsp3) is 0.412. The molecule has 2 fully saturated rings. The number of aliphatic hydroxyl groups excluding tert-OH is 1. The average molecular weight is 713 g/mol. The van der Waals surface area contributed by atoms with Crippen LogP contribution in [0.1, 0.15) is 25.3 Å². The molecule has 4 aliphatic rings. The van der Waals surface area contributed by atoms with Gasteiger partial charge in [-0.2, -0.15) is 0 Å². The molecule has 12 heteroatoms. The van der Waals surface area contributed by atoms with E-state index >= 15 is 4.79 Å². The summed E-state index contributed by atoms with van der Waals surface area (Å²) in [6.07, 6.45) is 4.77. The molecule has 0 unspecified atom stereocenters. The smallest absolute Gasteiger partial charge is 0.313 e. The number of hydrogen-bond donors (Lipinski definition) is 2. The van der Waals surface area contributed by atoms with Crippen molar-refractivity contribution >= 4 is 56.9 Å². The summed E-state index contributed by atoms with van der Waals surface area (Å²) in [5, 5.41) is 14.0. The first-order valence-electron chi connectivity index (χ1n) is 15.4. The van der Waals surface area contributed by atoms with E-state index in [1.54, 1.807) is 43.3 Å². The highest BCUT2D eigenvalue weighted by atomic mass is 79.9. The van der Waals surface area contributed by atoms with Crippen molar-refractivity contribution in [2.45, 2.75) is 56.1 Å². The molecule has 3 amide bonds. The van der Waals surface area contributed by atoms with Gasteiger partial charge in [0.15, 0.2) is 0 Å². The largest absolute Gasteiger partial charge is 0.460 e. The number of fused-ring (bicyclic) bond motifs is 2. The van der Waals surface area contributed by atoms with E-state index in [9.17, 15) is 19.5 Å². The van der Waals surface area contributed by atoms with Gasteiger partial charge in [-0.05, 0) is 55.7 Å². The number of anilines is 1. The van der Waals surface area contributed by atoms with Gasteiger partial charge in [0.2, 0.25) is 11.8 Å². The number of carbonyl (C=O) groups is 4. The number of ether oxygens (including phenoxy) is 2. The molecule has 2 aromatic carbocycles. The lowest BCUT2D eigenvalue weighted by Gasteiger charge is -2.38. The van der Waals surface area contributed by atoms with Crippen LogP contribution in [0.5, 0.6) is 0 Å². The molecule has 4 aliphatic heterocycles. The van der Waals surface area contributed by atoms with Crippen LogP contribution in [0.25, 0.3) is 0 Å². The van der Waals surface area contributed by atoms with E-state index in [2.05, 4.69) is 21.2 Å². The van der Waals surface area contributed by atoms with Gasteiger partial charge < -0.3 is 29.7 Å². The lowest BCUT2D eigenvalue weighted by molar-refractivity contribution is -0.159. The fourth-order valence-corrected chi connectivity index (χ4v) is 7.87. The van der Waals surface area contributed by atoms with Crippen LogP contribution in [0, 0.1) is 11.8 Å². The summed E-state index contributed by atoms with van der Waals surface area (Å²) in [6, 6.07) is 14.2. The average Bonchev–Trinajstić information content (AvgIpc) is 3.64. The number of aliphatic hydroxyl groups is 1. The standard InChI is InChI=1S/C34H35BrClN3O7/c1-20-18-37-26(41)10-6-3-7-15-38(23-13-11-22(36)12-14-23)32(43)30-34-17-25(35)29(46-34)27(33(44)45-20)28(34)31(42)39(30)24(19-40)16-21-8-4-2-5-9-21/h2-5,7-9,11-14,17,20,24,27-30,40H,6,10,15-16,18-19H2,1H3,(H,37,41)/b7-3-/t20-,24+,27+,28-,29+,30+,34-/m0/s1. The zero-order valence-electron chi connectivity index (χ0n) is 25.2. The number of esters is 1. The van der Waals surface area contributed by atoms with Crippen LogP contribution in [-0.2, 0) is 35.1 Å². The van der Waals surface area contributed by atoms with Crippen LogP contribution in [0.4, 0.5) is 5.69 Å². The minimum absolute atomic E-state index is 0.106. The number of likely N-dealkylation sites (tertiary alicyclic amines) is 1. The Morgan fingerprint density at radius 1 is 1.07 bits per heavy atom. The molecule has 0 aliphatic carbocycles. The molecule has 7 atom stereocenters. The number of amides is 3. The maximum atomic E-state index is 15.0. The van der Waals surface area contributed by atoms with Crippen molar-refractivity contribution in [1.29, 1.82) is 0 Å². The van der Waals surface area contributed by atoms with Crippen molar-refractivity contribution in [2.75, 3.05) is 24.6 Å². The Hall–Kier alpha value is -3.51. The van der Waals surface area contributed by atoms with E-state index in [0.29, 0.717) is 21.6 Å². The van der Waals surface area contributed by atoms with E-state index in [4.69, 9.17) is 21.1 Å². The van der Waals surface area contributed by atoms with Crippen molar-refractivity contribution in [3.05, 3.63) is 87.9 Å². The Labute approximate surface area is 280 Å². The number of cyclic esters (lactones) is 1. The lowest BCUT2D eigenvalue weighted by atomic mass is 9.74. The van der Waals surface area contributed by atoms with Gasteiger partial charge in [0.05, 0.1) is 25.1 Å². The van der Waals surface area contributed by atoms with E-state index < -0.39 is 66.1 Å². The summed E-state index contributed by atoms with van der Waals surface area (Å²) in [4.78, 5) is 58.9. The minimum atomic E-state index is -1.51. The van der Waals surface area contributed by atoms with E-state index in [0.717, 1.165) is 5.56 Å². The van der Waals surface area contributed by atoms with E-state index in [1.165, 1.54) is 9.80 Å². The molecular formula is C34H35BrClN3O7. The molecule has 10 nitrogen and oxygen atoms in total. The van der Waals surface area contributed by atoms with Crippen LogP contribution < -0.4 is 10.2 Å². The number of nitrogens with one attached hydrogen (secondary N) is 1. The Morgan fingerprint density at radius 3 is 2.52 bits per heavy atom. The summed E-state index contributed by atoms with van der Waals surface area (Å²) in [6.45, 7) is 1.48. The van der Waals surface area contributed by atoms with Gasteiger partial charge >= 0.3 is 5.97 Å². The molecule has 5 bridgehead atoms. The van der Waals surface area contributed by atoms with Gasteiger partial charge in [-0.15, -0.1) is 0 Å². The molecule has 0 saturated carbocycles. The van der Waals surface area contributed by atoms with Gasteiger partial charge in [-0.3, -0.25) is 19.2 Å². The first-order valence-corrected chi connectivity index (χ1v) is 16.5. The second-order valence-electron chi connectivity index (χ2n) is 12.1. The lowest BCUT2D eigenvalue weighted by Crippen LogP contribution is -2.59. The summed E-state index contributed by atoms with van der Waals surface area (Å²) in [5.41, 5.74) is -0.104. The Morgan fingerprint density at radius 2 is 1.80 bits per heavy atom. The third-order valence-electron chi connectivity index (χ3n) is 9.09. The molecule has 2 N–H and O–H groups in total. The SMILES string of the molecule is C[C@H]1CNC(=O)CC/C=C\CN(c2ccc(Cl)cc2)C(=O)[C@H]2N([C@@H](CO)Cc3ccccc3)C(=O)[C@@H]3[C@@H](C(=O)O1)[C@@H]1O[C@@]32C=C1Br. The zero-order valence-corrected chi connectivity index (χ0v) is 27.5. The molecule has 2 aromatic rings. The first-order chi connectivity index (χ1) is 22.1. The molecule has 6 rings (SSSR count). The topological polar surface area (TPSA) is 125 Å². The van der Waals surface area contributed by atoms with Gasteiger partial charge in [0.1, 0.15) is 29.8 Å². The Balaban J connectivity index is 1.49. The molecule has 0 aromatic heterocycles. The van der Waals surface area contributed by atoms with Crippen LogP contribution in [0.2, 0.25) is 5.02 Å². The normalized spacial score (nSPS) is 31.3. The van der Waals surface area contributed by atoms with Crippen LogP contribution in [0.3, 0.4) is 0 Å². The first kappa shape index (κ1) is 32.4. The number of rotatable bonds is 5. The monoisotopic (exact) mass is 711 g/mol. The van der Waals surface area contributed by atoms with Crippen molar-refractivity contribution in [3.63, 3.8) is 0 Å². The molecular weight excluding hydrogens is 678 g/mol. The third kappa shape index (κ3) is 5.90. The predicted molar refractivity (Wildman–Crippen MR) is 174 cm³/mol. The number of halogens is 2. The fourth-order valence-electron chi connectivity index (χ4n) is 7.00. The minimum Gasteiger partial charge on any atom is -0.460 e. The number of carbonyl (C=O) groups excluding carboxylic acids is 4. The van der Waals surface area contributed by atoms with Gasteiger partial charge in [-0.25, -0.2) is 0 Å². The van der Waals surface area contributed by atoms with Gasteiger partial charge in [0, 0.05) is 28.2 Å².